The summed E-state index contributed by atoms with van der Waals surface area (Å²) in [6.45, 7) is 35.7. The third-order valence-corrected chi connectivity index (χ3v) is 7.42. The molecule has 0 heteroatoms. The number of hydrogen-bond acceptors (Lipinski definition) is 0. The fourth-order valence-electron chi connectivity index (χ4n) is 5.67. The molecule has 0 saturated heterocycles. The maximum atomic E-state index is 2.49. The summed E-state index contributed by atoms with van der Waals surface area (Å²) in [5, 5.41) is 0. The van der Waals surface area contributed by atoms with Crippen molar-refractivity contribution < 1.29 is 0 Å². The molecule has 0 aromatic heterocycles. The number of aryl methyl sites for hydroxylation is 2. The molecular weight excluding hydrogens is 420 g/mol. The van der Waals surface area contributed by atoms with Gasteiger partial charge in [-0.25, -0.2) is 0 Å². The summed E-state index contributed by atoms with van der Waals surface area (Å²) in [6.07, 6.45) is 3.66. The van der Waals surface area contributed by atoms with Crippen LogP contribution in [-0.4, -0.2) is 0 Å². The van der Waals surface area contributed by atoms with Crippen LogP contribution in [0.1, 0.15) is 160 Å². The zero-order chi connectivity index (χ0) is 27.1. The van der Waals surface area contributed by atoms with Crippen molar-refractivity contribution in [3.63, 3.8) is 0 Å². The van der Waals surface area contributed by atoms with Gasteiger partial charge in [-0.2, -0.15) is 0 Å². The van der Waals surface area contributed by atoms with Crippen molar-refractivity contribution in [3.05, 3.63) is 68.8 Å². The zero-order valence-electron chi connectivity index (χ0n) is 26.0. The lowest BCUT2D eigenvalue weighted by Gasteiger charge is -2.39. The Morgan fingerprint density at radius 3 is 0.971 bits per heavy atom. The number of unbranched alkanes of at least 4 members (excludes halogenated alkanes) is 1. The van der Waals surface area contributed by atoms with Crippen LogP contribution in [0, 0.1) is 13.8 Å². The molecule has 0 spiro atoms. The molecular formula is C35H56. The maximum absolute atomic E-state index is 2.49. The molecule has 0 amide bonds. The maximum Gasteiger partial charge on any atom is 0.0101 e. The van der Waals surface area contributed by atoms with Crippen molar-refractivity contribution in [2.24, 2.45) is 0 Å². The van der Waals surface area contributed by atoms with Crippen LogP contribution in [-0.2, 0) is 21.7 Å². The normalized spacial score (nSPS) is 13.6. The lowest BCUT2D eigenvalue weighted by molar-refractivity contribution is 0.510. The van der Waals surface area contributed by atoms with Gasteiger partial charge in [0.05, 0.1) is 0 Å². The molecule has 2 aromatic carbocycles. The van der Waals surface area contributed by atoms with Gasteiger partial charge in [0.1, 0.15) is 0 Å². The molecule has 0 aliphatic carbocycles. The molecule has 35 heavy (non-hydrogen) atoms. The Labute approximate surface area is 219 Å². The minimum Gasteiger partial charge on any atom is -0.0654 e. The van der Waals surface area contributed by atoms with E-state index >= 15 is 0 Å². The van der Waals surface area contributed by atoms with Gasteiger partial charge in [-0.05, 0) is 75.3 Å². The average molecular weight is 477 g/mol. The third-order valence-electron chi connectivity index (χ3n) is 7.42. The molecule has 0 saturated carbocycles. The molecule has 0 nitrogen and oxygen atoms in total. The van der Waals surface area contributed by atoms with Gasteiger partial charge in [-0.15, -0.1) is 0 Å². The van der Waals surface area contributed by atoms with Crippen molar-refractivity contribution in [1.82, 2.24) is 0 Å². The summed E-state index contributed by atoms with van der Waals surface area (Å²) < 4.78 is 0. The van der Waals surface area contributed by atoms with Crippen LogP contribution in [0.2, 0.25) is 0 Å². The SMILES string of the molecule is CCCCC(c1c(C(C)(C)C)cc(C)cc1C(C)(C)C)c1c(C(C)(C)C)cc(C)cc1C(C)(C)C. The number of hydrogen-bond donors (Lipinski definition) is 0. The third kappa shape index (κ3) is 6.81. The smallest absolute Gasteiger partial charge is 0.0101 e. The Kier molecular flexibility index (Phi) is 8.53. The van der Waals surface area contributed by atoms with Crippen LogP contribution in [0.4, 0.5) is 0 Å². The highest BCUT2D eigenvalue weighted by molar-refractivity contribution is 5.56. The van der Waals surface area contributed by atoms with Gasteiger partial charge in [0.2, 0.25) is 0 Å². The van der Waals surface area contributed by atoms with Crippen LogP contribution >= 0.6 is 0 Å². The first-order chi connectivity index (χ1) is 15.7. The van der Waals surface area contributed by atoms with E-state index in [4.69, 9.17) is 0 Å². The molecule has 2 aromatic rings. The summed E-state index contributed by atoms with van der Waals surface area (Å²) in [4.78, 5) is 0. The monoisotopic (exact) mass is 476 g/mol. The molecule has 0 heterocycles. The molecule has 0 atom stereocenters. The van der Waals surface area contributed by atoms with Crippen molar-refractivity contribution in [2.75, 3.05) is 0 Å². The second kappa shape index (κ2) is 10.1. The zero-order valence-corrected chi connectivity index (χ0v) is 26.0. The topological polar surface area (TPSA) is 0 Å². The first-order valence-electron chi connectivity index (χ1n) is 14.0. The highest BCUT2D eigenvalue weighted by atomic mass is 14.4. The van der Waals surface area contributed by atoms with E-state index in [-0.39, 0.29) is 21.7 Å². The molecule has 0 unspecified atom stereocenters. The van der Waals surface area contributed by atoms with E-state index in [1.54, 1.807) is 11.1 Å². The second-order valence-corrected chi connectivity index (χ2v) is 15.2. The summed E-state index contributed by atoms with van der Waals surface area (Å²) >= 11 is 0. The van der Waals surface area contributed by atoms with Gasteiger partial charge in [-0.1, -0.05) is 138 Å². The fraction of sp³-hybridized carbons (Fsp3) is 0.657. The van der Waals surface area contributed by atoms with E-state index in [1.807, 2.05) is 0 Å². The second-order valence-electron chi connectivity index (χ2n) is 15.2. The first kappa shape index (κ1) is 29.7. The van der Waals surface area contributed by atoms with Crippen LogP contribution < -0.4 is 0 Å². The molecule has 0 aliphatic rings. The quantitative estimate of drug-likeness (QED) is 0.402. The number of rotatable bonds is 5. The Hall–Kier alpha value is -1.56. The minimum absolute atomic E-state index is 0.0836. The van der Waals surface area contributed by atoms with Gasteiger partial charge in [-0.3, -0.25) is 0 Å². The lowest BCUT2D eigenvalue weighted by Crippen LogP contribution is -2.28. The fourth-order valence-corrected chi connectivity index (χ4v) is 5.67. The van der Waals surface area contributed by atoms with Crippen molar-refractivity contribution >= 4 is 0 Å². The van der Waals surface area contributed by atoms with E-state index in [9.17, 15) is 0 Å². The predicted octanol–water partition coefficient (Wildman–Crippen LogP) is 10.8. The van der Waals surface area contributed by atoms with Gasteiger partial charge >= 0.3 is 0 Å². The Morgan fingerprint density at radius 2 is 0.771 bits per heavy atom. The molecule has 196 valence electrons. The van der Waals surface area contributed by atoms with E-state index < -0.39 is 0 Å². The average Bonchev–Trinajstić information content (AvgIpc) is 2.65. The van der Waals surface area contributed by atoms with Crippen molar-refractivity contribution in [3.8, 4) is 0 Å². The van der Waals surface area contributed by atoms with E-state index in [0.29, 0.717) is 5.92 Å². The highest BCUT2D eigenvalue weighted by Crippen LogP contribution is 2.48. The minimum atomic E-state index is 0.0836. The summed E-state index contributed by atoms with van der Waals surface area (Å²) in [7, 11) is 0. The summed E-state index contributed by atoms with van der Waals surface area (Å²) in [5.74, 6) is 0.392. The molecule has 0 aliphatic heterocycles. The lowest BCUT2D eigenvalue weighted by atomic mass is 9.65. The van der Waals surface area contributed by atoms with Crippen LogP contribution in [0.15, 0.2) is 24.3 Å². The van der Waals surface area contributed by atoms with Crippen LogP contribution in [0.3, 0.4) is 0 Å². The summed E-state index contributed by atoms with van der Waals surface area (Å²) in [6, 6.07) is 9.97. The van der Waals surface area contributed by atoms with Crippen molar-refractivity contribution in [2.45, 2.75) is 151 Å². The Balaban J connectivity index is 3.20. The number of benzene rings is 2. The first-order valence-corrected chi connectivity index (χ1v) is 14.0. The van der Waals surface area contributed by atoms with E-state index in [2.05, 4.69) is 128 Å². The molecule has 0 radical (unpaired) electrons. The standard InChI is InChI=1S/C35H56/c1-16-17-18-25(30-26(32(4,5)6)19-23(2)20-27(30)33(7,8)9)31-28(34(10,11)12)21-24(3)22-29(31)35(13,14)15/h19-22,25H,16-18H2,1-15H3. The summed E-state index contributed by atoms with van der Waals surface area (Å²) in [5.41, 5.74) is 12.4. The molecule has 0 N–H and O–H groups in total. The van der Waals surface area contributed by atoms with Gasteiger partial charge in [0.25, 0.3) is 0 Å². The van der Waals surface area contributed by atoms with Crippen LogP contribution in [0.25, 0.3) is 0 Å². The Bertz CT molecular complexity index is 868. The van der Waals surface area contributed by atoms with E-state index in [0.717, 1.165) is 0 Å². The van der Waals surface area contributed by atoms with E-state index in [1.165, 1.54) is 52.6 Å². The Morgan fingerprint density at radius 1 is 0.514 bits per heavy atom. The molecule has 2 rings (SSSR count). The van der Waals surface area contributed by atoms with Gasteiger partial charge in [0, 0.05) is 5.92 Å². The van der Waals surface area contributed by atoms with Crippen LogP contribution in [0.5, 0.6) is 0 Å². The van der Waals surface area contributed by atoms with Gasteiger partial charge < -0.3 is 0 Å². The molecule has 0 fully saturated rings. The predicted molar refractivity (Wildman–Crippen MR) is 159 cm³/mol. The molecule has 0 bridgehead atoms. The largest absolute Gasteiger partial charge is 0.0654 e. The van der Waals surface area contributed by atoms with Crippen molar-refractivity contribution in [1.29, 1.82) is 0 Å². The van der Waals surface area contributed by atoms with Gasteiger partial charge in [0.15, 0.2) is 0 Å². The highest BCUT2D eigenvalue weighted by Gasteiger charge is 2.36.